The van der Waals surface area contributed by atoms with Crippen molar-refractivity contribution in [1.82, 2.24) is 10.5 Å². The summed E-state index contributed by atoms with van der Waals surface area (Å²) < 4.78 is 5.33. The predicted octanol–water partition coefficient (Wildman–Crippen LogP) is 1.64. The van der Waals surface area contributed by atoms with Crippen LogP contribution in [0.4, 0.5) is 0 Å². The van der Waals surface area contributed by atoms with Gasteiger partial charge >= 0.3 is 0 Å². The van der Waals surface area contributed by atoms with E-state index in [-0.39, 0.29) is 12.2 Å². The van der Waals surface area contributed by atoms with Gasteiger partial charge in [0.2, 0.25) is 0 Å². The zero-order chi connectivity index (χ0) is 11.4. The van der Waals surface area contributed by atoms with Crippen molar-refractivity contribution in [3.63, 3.8) is 0 Å². The lowest BCUT2D eigenvalue weighted by Crippen LogP contribution is -2.33. The largest absolute Gasteiger partial charge is 0.350 e. The minimum absolute atomic E-state index is 0.255. The Morgan fingerprint density at radius 1 is 1.69 bits per heavy atom. The summed E-state index contributed by atoms with van der Waals surface area (Å²) in [6.45, 7) is 2.49. The standard InChI is InChI=1S/C10H14N2O3S/c1-7-9(16-6-11-7)10(13)12-15-8-4-2-3-5-14-8/h6,8H,2-5H2,1H3,(H,12,13)/t8-/m1/s1. The van der Waals surface area contributed by atoms with E-state index < -0.39 is 0 Å². The van der Waals surface area contributed by atoms with E-state index in [0.717, 1.165) is 25.0 Å². The van der Waals surface area contributed by atoms with Gasteiger partial charge in [-0.25, -0.2) is 15.3 Å². The molecule has 1 amide bonds. The number of aromatic nitrogens is 1. The lowest BCUT2D eigenvalue weighted by Gasteiger charge is -2.21. The van der Waals surface area contributed by atoms with Crippen molar-refractivity contribution >= 4 is 17.2 Å². The molecule has 1 aromatic heterocycles. The van der Waals surface area contributed by atoms with Crippen LogP contribution in [0.2, 0.25) is 0 Å². The number of carbonyl (C=O) groups excluding carboxylic acids is 1. The summed E-state index contributed by atoms with van der Waals surface area (Å²) in [6, 6.07) is 0. The zero-order valence-corrected chi connectivity index (χ0v) is 9.88. The Balaban J connectivity index is 1.81. The van der Waals surface area contributed by atoms with Crippen LogP contribution in [0.1, 0.15) is 34.6 Å². The highest BCUT2D eigenvalue weighted by atomic mass is 32.1. The van der Waals surface area contributed by atoms with Crippen LogP contribution < -0.4 is 5.48 Å². The van der Waals surface area contributed by atoms with Crippen molar-refractivity contribution in [3.05, 3.63) is 16.1 Å². The highest BCUT2D eigenvalue weighted by Crippen LogP contribution is 2.14. The predicted molar refractivity (Wildman–Crippen MR) is 59.0 cm³/mol. The van der Waals surface area contributed by atoms with Crippen LogP contribution in [-0.4, -0.2) is 23.8 Å². The maximum absolute atomic E-state index is 11.6. The summed E-state index contributed by atoms with van der Waals surface area (Å²) in [5, 5.41) is 0. The van der Waals surface area contributed by atoms with Gasteiger partial charge in [-0.3, -0.25) is 4.79 Å². The Morgan fingerprint density at radius 2 is 2.56 bits per heavy atom. The molecule has 0 unspecified atom stereocenters. The average molecular weight is 242 g/mol. The van der Waals surface area contributed by atoms with E-state index in [1.165, 1.54) is 11.3 Å². The third kappa shape index (κ3) is 2.78. The highest BCUT2D eigenvalue weighted by Gasteiger charge is 2.17. The first kappa shape index (κ1) is 11.5. The summed E-state index contributed by atoms with van der Waals surface area (Å²) in [5.41, 5.74) is 4.76. The Bertz CT molecular complexity index is 361. The molecule has 16 heavy (non-hydrogen) atoms. The molecule has 0 aromatic carbocycles. The van der Waals surface area contributed by atoms with E-state index in [1.807, 2.05) is 0 Å². The fourth-order valence-corrected chi connectivity index (χ4v) is 2.18. The molecule has 2 rings (SSSR count). The van der Waals surface area contributed by atoms with Gasteiger partial charge < -0.3 is 4.74 Å². The molecular weight excluding hydrogens is 228 g/mol. The van der Waals surface area contributed by atoms with Gasteiger partial charge in [-0.05, 0) is 19.8 Å². The molecule has 1 atom stereocenters. The van der Waals surface area contributed by atoms with Crippen LogP contribution in [-0.2, 0) is 9.57 Å². The summed E-state index contributed by atoms with van der Waals surface area (Å²) in [7, 11) is 0. The van der Waals surface area contributed by atoms with Gasteiger partial charge in [0.15, 0.2) is 6.29 Å². The van der Waals surface area contributed by atoms with Gasteiger partial charge in [-0.15, -0.1) is 11.3 Å². The second-order valence-electron chi connectivity index (χ2n) is 3.61. The van der Waals surface area contributed by atoms with E-state index in [4.69, 9.17) is 9.57 Å². The lowest BCUT2D eigenvalue weighted by atomic mass is 10.2. The number of amides is 1. The zero-order valence-electron chi connectivity index (χ0n) is 9.06. The minimum atomic E-state index is -0.314. The number of rotatable bonds is 3. The van der Waals surface area contributed by atoms with E-state index in [0.29, 0.717) is 11.5 Å². The number of hydrogen-bond acceptors (Lipinski definition) is 5. The van der Waals surface area contributed by atoms with E-state index in [1.54, 1.807) is 12.4 Å². The molecule has 88 valence electrons. The summed E-state index contributed by atoms with van der Waals surface area (Å²) in [4.78, 5) is 21.4. The Hall–Kier alpha value is -0.980. The fraction of sp³-hybridized carbons (Fsp3) is 0.600. The first-order chi connectivity index (χ1) is 7.77. The number of nitrogens with zero attached hydrogens (tertiary/aromatic N) is 1. The number of aryl methyl sites for hydroxylation is 1. The Labute approximate surface area is 97.7 Å². The molecule has 1 aliphatic rings. The molecule has 0 bridgehead atoms. The molecule has 6 heteroatoms. The van der Waals surface area contributed by atoms with Gasteiger partial charge in [0.1, 0.15) is 4.88 Å². The first-order valence-corrected chi connectivity index (χ1v) is 6.13. The molecule has 1 N–H and O–H groups in total. The first-order valence-electron chi connectivity index (χ1n) is 5.25. The number of carbonyl (C=O) groups is 1. The number of ether oxygens (including phenoxy) is 1. The van der Waals surface area contributed by atoms with Crippen molar-refractivity contribution in [2.45, 2.75) is 32.5 Å². The quantitative estimate of drug-likeness (QED) is 0.818. The normalized spacial score (nSPS) is 20.7. The van der Waals surface area contributed by atoms with Gasteiger partial charge in [0, 0.05) is 13.0 Å². The number of hydroxylamine groups is 1. The molecule has 0 radical (unpaired) electrons. The number of hydrogen-bond donors (Lipinski definition) is 1. The van der Waals surface area contributed by atoms with Crippen LogP contribution in [0, 0.1) is 6.92 Å². The van der Waals surface area contributed by atoms with Crippen molar-refractivity contribution in [2.24, 2.45) is 0 Å². The van der Waals surface area contributed by atoms with E-state index in [9.17, 15) is 4.79 Å². The summed E-state index contributed by atoms with van der Waals surface area (Å²) in [6.07, 6.45) is 2.63. The van der Waals surface area contributed by atoms with Crippen molar-refractivity contribution in [1.29, 1.82) is 0 Å². The van der Waals surface area contributed by atoms with E-state index in [2.05, 4.69) is 10.5 Å². The second-order valence-corrected chi connectivity index (χ2v) is 4.47. The third-order valence-electron chi connectivity index (χ3n) is 2.37. The van der Waals surface area contributed by atoms with Gasteiger partial charge in [-0.1, -0.05) is 0 Å². The number of thiazole rings is 1. The summed E-state index contributed by atoms with van der Waals surface area (Å²) >= 11 is 1.30. The monoisotopic (exact) mass is 242 g/mol. The maximum atomic E-state index is 11.6. The van der Waals surface area contributed by atoms with Gasteiger partial charge in [0.05, 0.1) is 11.2 Å². The van der Waals surface area contributed by atoms with Crippen molar-refractivity contribution < 1.29 is 14.4 Å². The summed E-state index contributed by atoms with van der Waals surface area (Å²) in [5.74, 6) is -0.255. The van der Waals surface area contributed by atoms with Crippen LogP contribution in [0.5, 0.6) is 0 Å². The average Bonchev–Trinajstić information content (AvgIpc) is 2.74. The number of nitrogens with one attached hydrogen (secondary N) is 1. The molecular formula is C10H14N2O3S. The third-order valence-corrected chi connectivity index (χ3v) is 3.30. The molecule has 5 nitrogen and oxygen atoms in total. The molecule has 0 saturated carbocycles. The van der Waals surface area contributed by atoms with Crippen LogP contribution in [0.25, 0.3) is 0 Å². The topological polar surface area (TPSA) is 60.5 Å². The fourth-order valence-electron chi connectivity index (χ4n) is 1.49. The molecule has 2 heterocycles. The van der Waals surface area contributed by atoms with Crippen molar-refractivity contribution in [2.75, 3.05) is 6.61 Å². The molecule has 0 aliphatic carbocycles. The smallest absolute Gasteiger partial charge is 0.286 e. The van der Waals surface area contributed by atoms with Crippen LogP contribution in [0.3, 0.4) is 0 Å². The second kappa shape index (κ2) is 5.38. The minimum Gasteiger partial charge on any atom is -0.350 e. The Kier molecular flexibility index (Phi) is 3.87. The maximum Gasteiger partial charge on any atom is 0.286 e. The van der Waals surface area contributed by atoms with E-state index >= 15 is 0 Å². The van der Waals surface area contributed by atoms with Crippen LogP contribution in [0.15, 0.2) is 5.51 Å². The SMILES string of the molecule is Cc1ncsc1C(=O)NO[C@@H]1CCCCO1. The molecule has 1 saturated heterocycles. The highest BCUT2D eigenvalue weighted by molar-refractivity contribution is 7.11. The molecule has 1 aliphatic heterocycles. The van der Waals surface area contributed by atoms with Crippen molar-refractivity contribution in [3.8, 4) is 0 Å². The molecule has 1 aromatic rings. The van der Waals surface area contributed by atoms with Crippen LogP contribution >= 0.6 is 11.3 Å². The Morgan fingerprint density at radius 3 is 3.19 bits per heavy atom. The molecule has 1 fully saturated rings. The van der Waals surface area contributed by atoms with Gasteiger partial charge in [0.25, 0.3) is 5.91 Å². The lowest BCUT2D eigenvalue weighted by molar-refractivity contribution is -0.186. The van der Waals surface area contributed by atoms with Gasteiger partial charge in [-0.2, -0.15) is 0 Å². The molecule has 0 spiro atoms.